The number of benzene rings is 26. The van der Waals surface area contributed by atoms with E-state index in [1.165, 1.54) is 6.07 Å². The summed E-state index contributed by atoms with van der Waals surface area (Å²) < 4.78 is 364. The third-order valence-electron chi connectivity index (χ3n) is 26.7. The van der Waals surface area contributed by atoms with Crippen molar-refractivity contribution in [3.63, 3.8) is 0 Å². The molecule has 26 aromatic carbocycles. The largest absolute Gasteiger partial charge is 0.456 e. The second-order valence-electron chi connectivity index (χ2n) is 34.9. The van der Waals surface area contributed by atoms with E-state index in [-0.39, 0.29) is 133 Å². The van der Waals surface area contributed by atoms with Crippen molar-refractivity contribution >= 4 is 141 Å². The van der Waals surface area contributed by atoms with Gasteiger partial charge < -0.3 is 13.3 Å². The molecule has 676 valence electrons. The molecule has 0 spiro atoms. The standard InChI is InChI=1S/C50H32O.C48H30O.C44H28O/c1-4-16-33(17-5-1)36-28-37(34-18-6-2-7-19-34)30-38(29-36)49-40-23-10-12-25-42(40)50(43-26-13-11-24-41(43)49)46-31-45-39-22-14-15-27-47(39)51-48(45)32-44(46)35-20-8-3-9-21-35;1-2-12-31(13-3-1)33-22-25-34(26-23-33)47-38-17-6-8-19-40(38)48(41-20-9-7-18-39(41)47)44-29-43-37-16-10-11-21-45(37)49-46(43)30-42(44)36-27-24-32-14-4-5-15-35(32)28-36;1-3-14-29(15-4-1)31-18-13-19-32(26-31)42-35-21-7-9-23-37(35)43(38-24-10-8-22-36(38)42)33-27-39(30-16-5-2-6-17-30)44-40(28-33)34-20-11-12-25-41(34)45-44/h1-32H;1-30H;1-28H/i3D,8D,9D,10D,11D,12D,13D,20D,21D,23D,24D,25D,26D;1D,2D,3D,6D,7D,8D,9D,12D,13D,17D,18D,19D,20D,22D,23D,25D,26D;7D,8D,9D,10D,21D,22D,23D,24D. The minimum absolute atomic E-state index is 0.0240. The highest BCUT2D eigenvalue weighted by atomic mass is 16.3. The van der Waals surface area contributed by atoms with Crippen LogP contribution in [0.15, 0.2) is 558 Å². The molecule has 0 bridgehead atoms. The molecule has 0 saturated heterocycles. The maximum Gasteiger partial charge on any atom is 0.143 e. The average Bonchev–Trinajstić information content (AvgIpc) is 1.35. The predicted octanol–water partition coefficient (Wildman–Crippen LogP) is 40.5. The first-order chi connectivity index (χ1) is 87.7. The summed E-state index contributed by atoms with van der Waals surface area (Å²) in [6, 6.07) is 74.5. The van der Waals surface area contributed by atoms with Gasteiger partial charge in [0, 0.05) is 37.9 Å². The van der Waals surface area contributed by atoms with E-state index in [0.29, 0.717) is 88.4 Å². The average molecular weight is 1880 g/mol. The van der Waals surface area contributed by atoms with Gasteiger partial charge in [0.2, 0.25) is 0 Å². The summed E-state index contributed by atoms with van der Waals surface area (Å²) in [4.78, 5) is 0. The molecule has 3 nitrogen and oxygen atoms in total. The van der Waals surface area contributed by atoms with Crippen LogP contribution in [-0.2, 0) is 0 Å². The van der Waals surface area contributed by atoms with E-state index >= 15 is 0 Å². The van der Waals surface area contributed by atoms with Crippen LogP contribution in [0.3, 0.4) is 0 Å². The van der Waals surface area contributed by atoms with Crippen molar-refractivity contribution < 1.29 is 65.3 Å². The predicted molar refractivity (Wildman–Crippen MR) is 614 cm³/mol. The van der Waals surface area contributed by atoms with Gasteiger partial charge in [0.15, 0.2) is 0 Å². The van der Waals surface area contributed by atoms with Crippen LogP contribution in [0.4, 0.5) is 0 Å². The zero-order chi connectivity index (χ0) is 129. The Hall–Kier alpha value is -19.1. The van der Waals surface area contributed by atoms with E-state index in [9.17, 15) is 21.9 Å². The molecule has 0 amide bonds. The molecule has 145 heavy (non-hydrogen) atoms. The van der Waals surface area contributed by atoms with Crippen molar-refractivity contribution in [1.29, 1.82) is 0 Å². The fourth-order valence-electron chi connectivity index (χ4n) is 20.3. The molecule has 0 N–H and O–H groups in total. The monoisotopic (exact) mass is 1880 g/mol. The SMILES string of the molecule is [2H]c1c([2H])c([2H])c(-c2c([2H])c([2H])c(-c3c4c([2H])c([2H])c([2H])c([2H])c4c(-c4cc5c(cc4-c4ccc6ccccc6c4)oc4ccccc45)c4c([2H])c([2H])c([2H])c([2H])c34)c([2H])c2[2H])c([2H])c1[2H].[2H]c1c([2H])c([2H])c(-c2cc3oc4ccccc4c3cc2-c2c3c([2H])c([2H])c([2H])c([2H])c3c(-c3cc(-c4ccccc4)cc(-c4ccccc4)c3)c3c([2H])c([2H])c([2H])c([2H])c23)c([2H])c1[2H].[2H]c1c([2H])c([2H])c2c(-c3cc(-c4ccccc4)c4oc5ccccc5c4c3)c3c([2H])c([2H])c([2H])c([2H])c3c(-c3cccc(-c4ccccc4)c3)c2c1[2H]. The second kappa shape index (κ2) is 36.3. The fourth-order valence-corrected chi connectivity index (χ4v) is 20.3. The molecule has 0 saturated carbocycles. The number of furan rings is 3. The van der Waals surface area contributed by atoms with E-state index in [4.69, 9.17) is 43.4 Å². The zero-order valence-corrected chi connectivity index (χ0v) is 76.2. The molecule has 29 aromatic rings. The molecule has 0 radical (unpaired) electrons. The Labute approximate surface area is 892 Å². The maximum absolute atomic E-state index is 9.68. The van der Waals surface area contributed by atoms with E-state index in [0.717, 1.165) is 66.1 Å². The lowest BCUT2D eigenvalue weighted by molar-refractivity contribution is 0.668. The topological polar surface area (TPSA) is 39.4 Å². The van der Waals surface area contributed by atoms with Gasteiger partial charge >= 0.3 is 0 Å². The van der Waals surface area contributed by atoms with Crippen LogP contribution in [0.1, 0.15) is 52.1 Å². The highest BCUT2D eigenvalue weighted by Gasteiger charge is 2.28. The summed E-state index contributed by atoms with van der Waals surface area (Å²) in [5.74, 6) is 0. The highest BCUT2D eigenvalue weighted by molar-refractivity contribution is 6.28. The number of hydrogen-bond donors (Lipinski definition) is 0. The molecular formula is C142H90O3. The van der Waals surface area contributed by atoms with Crippen LogP contribution in [-0.4, -0.2) is 0 Å². The van der Waals surface area contributed by atoms with Gasteiger partial charge in [-0.25, -0.2) is 0 Å². The quantitative estimate of drug-likeness (QED) is 0.108. The highest BCUT2D eigenvalue weighted by Crippen LogP contribution is 2.54. The van der Waals surface area contributed by atoms with Crippen molar-refractivity contribution in [3.8, 4) is 145 Å². The zero-order valence-electron chi connectivity index (χ0n) is 114. The molecule has 0 fully saturated rings. The first-order valence-electron chi connectivity index (χ1n) is 65.7. The summed E-state index contributed by atoms with van der Waals surface area (Å²) in [5, 5.41) is 5.02. The lowest BCUT2D eigenvalue weighted by atomic mass is 9.82. The van der Waals surface area contributed by atoms with E-state index in [2.05, 4.69) is 0 Å². The Kier molecular flexibility index (Phi) is 13.6. The van der Waals surface area contributed by atoms with Crippen LogP contribution in [0.2, 0.25) is 0 Å². The molecule has 3 heteroatoms. The van der Waals surface area contributed by atoms with Gasteiger partial charge in [0.25, 0.3) is 0 Å². The van der Waals surface area contributed by atoms with Crippen LogP contribution in [0, 0.1) is 0 Å². The van der Waals surface area contributed by atoms with Crippen LogP contribution in [0.5, 0.6) is 0 Å². The summed E-state index contributed by atoms with van der Waals surface area (Å²) in [5.41, 5.74) is 10.7. The van der Waals surface area contributed by atoms with Gasteiger partial charge in [-0.3, -0.25) is 0 Å². The normalized spacial score (nSPS) is 15.3. The lowest BCUT2D eigenvalue weighted by Gasteiger charge is -2.21. The van der Waals surface area contributed by atoms with Gasteiger partial charge in [0.05, 0.1) is 52.1 Å². The van der Waals surface area contributed by atoms with Gasteiger partial charge in [-0.1, -0.05) is 460 Å². The van der Waals surface area contributed by atoms with E-state index in [1.54, 1.807) is 42.5 Å². The summed E-state index contributed by atoms with van der Waals surface area (Å²) in [6.45, 7) is 0. The second-order valence-corrected chi connectivity index (χ2v) is 34.9. The van der Waals surface area contributed by atoms with Gasteiger partial charge in [-0.15, -0.1) is 0 Å². The smallest absolute Gasteiger partial charge is 0.143 e. The molecule has 0 aliphatic rings. The first kappa shape index (κ1) is 54.5. The van der Waals surface area contributed by atoms with Crippen LogP contribution >= 0.6 is 0 Å². The molecule has 0 atom stereocenters. The van der Waals surface area contributed by atoms with Crippen LogP contribution < -0.4 is 0 Å². The number of rotatable bonds is 13. The minimum Gasteiger partial charge on any atom is -0.456 e. The molecule has 0 aliphatic carbocycles. The van der Waals surface area contributed by atoms with Crippen molar-refractivity contribution in [3.05, 3.63) is 545 Å². The van der Waals surface area contributed by atoms with Crippen molar-refractivity contribution in [2.75, 3.05) is 0 Å². The summed E-state index contributed by atoms with van der Waals surface area (Å²) >= 11 is 0. The summed E-state index contributed by atoms with van der Waals surface area (Å²) in [6.07, 6.45) is 0. The molecule has 29 rings (SSSR count). The summed E-state index contributed by atoms with van der Waals surface area (Å²) in [7, 11) is 0. The van der Waals surface area contributed by atoms with E-state index in [1.807, 2.05) is 267 Å². The Morgan fingerprint density at radius 3 is 0.903 bits per heavy atom. The number of fused-ring (bicyclic) bond motifs is 16. The molecule has 3 heterocycles. The molecule has 3 aromatic heterocycles. The Morgan fingerprint density at radius 1 is 0.124 bits per heavy atom. The minimum atomic E-state index is -0.868. The molecular weight excluding hydrogens is 1750 g/mol. The van der Waals surface area contributed by atoms with E-state index < -0.39 is 228 Å². The third kappa shape index (κ3) is 15.2. The maximum atomic E-state index is 9.68. The van der Waals surface area contributed by atoms with Crippen molar-refractivity contribution in [2.24, 2.45) is 0 Å². The molecule has 0 unspecified atom stereocenters. The number of hydrogen-bond acceptors (Lipinski definition) is 3. The van der Waals surface area contributed by atoms with Gasteiger partial charge in [-0.05, 0) is 299 Å². The van der Waals surface area contributed by atoms with Crippen molar-refractivity contribution in [2.45, 2.75) is 0 Å². The Balaban J connectivity index is 0.000000129. The third-order valence-corrected chi connectivity index (χ3v) is 26.7. The Bertz CT molecular complexity index is 12300. The lowest BCUT2D eigenvalue weighted by Crippen LogP contribution is -1.94. The first-order valence-corrected chi connectivity index (χ1v) is 46.7. The fraction of sp³-hybridized carbons (Fsp3) is 0. The number of para-hydroxylation sites is 3. The Morgan fingerprint density at radius 2 is 0.441 bits per heavy atom. The van der Waals surface area contributed by atoms with Crippen LogP contribution in [0.25, 0.3) is 286 Å². The molecule has 0 aliphatic heterocycles. The van der Waals surface area contributed by atoms with Gasteiger partial charge in [0.1, 0.15) is 33.5 Å². The van der Waals surface area contributed by atoms with Crippen molar-refractivity contribution in [1.82, 2.24) is 0 Å². The van der Waals surface area contributed by atoms with Gasteiger partial charge in [-0.2, -0.15) is 0 Å².